The lowest BCUT2D eigenvalue weighted by atomic mass is 10.1. The smallest absolute Gasteiger partial charge is 0.239 e. The SMILES string of the molecule is CC(c1ccccc1)N(CC(=O)Nc1ccc(N(C)C)cc1)S(C)(=O)=O. The summed E-state index contributed by atoms with van der Waals surface area (Å²) in [7, 11) is 0.314. The third-order valence-electron chi connectivity index (χ3n) is 4.11. The van der Waals surface area contributed by atoms with Crippen molar-refractivity contribution in [3.05, 3.63) is 60.2 Å². The zero-order valence-corrected chi connectivity index (χ0v) is 16.3. The molecule has 0 fully saturated rings. The van der Waals surface area contributed by atoms with Gasteiger partial charge in [-0.1, -0.05) is 30.3 Å². The van der Waals surface area contributed by atoms with Gasteiger partial charge < -0.3 is 10.2 Å². The summed E-state index contributed by atoms with van der Waals surface area (Å²) in [5.41, 5.74) is 2.47. The average Bonchev–Trinajstić information content (AvgIpc) is 2.59. The van der Waals surface area contributed by atoms with Gasteiger partial charge in [0.2, 0.25) is 15.9 Å². The largest absolute Gasteiger partial charge is 0.378 e. The molecule has 6 nitrogen and oxygen atoms in total. The number of sulfonamides is 1. The first-order chi connectivity index (χ1) is 12.2. The Morgan fingerprint density at radius 3 is 2.12 bits per heavy atom. The van der Waals surface area contributed by atoms with Crippen LogP contribution >= 0.6 is 0 Å². The molecule has 0 aromatic heterocycles. The molecule has 0 aliphatic heterocycles. The molecule has 26 heavy (non-hydrogen) atoms. The fourth-order valence-corrected chi connectivity index (χ4v) is 3.67. The number of nitrogens with zero attached hydrogens (tertiary/aromatic N) is 2. The Hall–Kier alpha value is -2.38. The molecular formula is C19H25N3O3S. The molecule has 0 heterocycles. The van der Waals surface area contributed by atoms with Crippen molar-refractivity contribution < 1.29 is 13.2 Å². The summed E-state index contributed by atoms with van der Waals surface area (Å²) in [4.78, 5) is 14.4. The van der Waals surface area contributed by atoms with Crippen molar-refractivity contribution in [2.45, 2.75) is 13.0 Å². The Labute approximate surface area is 155 Å². The highest BCUT2D eigenvalue weighted by Crippen LogP contribution is 2.22. The monoisotopic (exact) mass is 375 g/mol. The van der Waals surface area contributed by atoms with Crippen LogP contribution in [0.15, 0.2) is 54.6 Å². The summed E-state index contributed by atoms with van der Waals surface area (Å²) in [6, 6.07) is 16.2. The van der Waals surface area contributed by atoms with Crippen LogP contribution in [0, 0.1) is 0 Å². The molecule has 0 radical (unpaired) electrons. The summed E-state index contributed by atoms with van der Waals surface area (Å²) in [5.74, 6) is -0.379. The molecule has 7 heteroatoms. The van der Waals surface area contributed by atoms with Crippen LogP contribution in [0.1, 0.15) is 18.5 Å². The number of hydrogen-bond donors (Lipinski definition) is 1. The van der Waals surface area contributed by atoms with Gasteiger partial charge >= 0.3 is 0 Å². The molecule has 1 unspecified atom stereocenters. The molecular weight excluding hydrogens is 350 g/mol. The van der Waals surface area contributed by atoms with Crippen LogP contribution in [0.5, 0.6) is 0 Å². The lowest BCUT2D eigenvalue weighted by Crippen LogP contribution is -2.39. The van der Waals surface area contributed by atoms with Crippen molar-refractivity contribution >= 4 is 27.3 Å². The molecule has 2 aromatic rings. The van der Waals surface area contributed by atoms with E-state index in [0.717, 1.165) is 17.5 Å². The first-order valence-corrected chi connectivity index (χ1v) is 10.1. The van der Waals surface area contributed by atoms with Gasteiger partial charge in [-0.15, -0.1) is 0 Å². The van der Waals surface area contributed by atoms with Gasteiger partial charge in [-0.2, -0.15) is 4.31 Å². The highest BCUT2D eigenvalue weighted by Gasteiger charge is 2.26. The molecule has 0 aliphatic carbocycles. The normalized spacial score (nSPS) is 12.7. The van der Waals surface area contributed by atoms with E-state index in [0.29, 0.717) is 5.69 Å². The van der Waals surface area contributed by atoms with E-state index in [1.165, 1.54) is 4.31 Å². The first kappa shape index (κ1) is 19.9. The lowest BCUT2D eigenvalue weighted by molar-refractivity contribution is -0.116. The maximum atomic E-state index is 12.4. The molecule has 0 spiro atoms. The zero-order valence-electron chi connectivity index (χ0n) is 15.5. The standard InChI is InChI=1S/C19H25N3O3S/c1-15(16-8-6-5-7-9-16)22(26(4,24)25)14-19(23)20-17-10-12-18(13-11-17)21(2)3/h5-13,15H,14H2,1-4H3,(H,20,23). The molecule has 0 bridgehead atoms. The Balaban J connectivity index is 2.12. The van der Waals surface area contributed by atoms with Crippen LogP contribution < -0.4 is 10.2 Å². The Morgan fingerprint density at radius 2 is 1.62 bits per heavy atom. The number of amides is 1. The van der Waals surface area contributed by atoms with Crippen molar-refractivity contribution in [1.82, 2.24) is 4.31 Å². The van der Waals surface area contributed by atoms with Crippen LogP contribution in [0.2, 0.25) is 0 Å². The van der Waals surface area contributed by atoms with Gasteiger partial charge in [0.25, 0.3) is 0 Å². The molecule has 140 valence electrons. The van der Waals surface area contributed by atoms with Gasteiger partial charge in [0.15, 0.2) is 0 Å². The van der Waals surface area contributed by atoms with E-state index in [1.807, 2.05) is 61.5 Å². The second-order valence-electron chi connectivity index (χ2n) is 6.38. The van der Waals surface area contributed by atoms with Gasteiger partial charge in [0.05, 0.1) is 12.8 Å². The van der Waals surface area contributed by atoms with Crippen molar-refractivity contribution in [2.24, 2.45) is 0 Å². The Kier molecular flexibility index (Phi) is 6.39. The van der Waals surface area contributed by atoms with Crippen LogP contribution in [0.3, 0.4) is 0 Å². The van der Waals surface area contributed by atoms with E-state index in [-0.39, 0.29) is 12.5 Å². The number of benzene rings is 2. The third-order valence-corrected chi connectivity index (χ3v) is 5.40. The summed E-state index contributed by atoms with van der Waals surface area (Å²) in [5, 5.41) is 2.75. The van der Waals surface area contributed by atoms with Crippen molar-refractivity contribution in [1.29, 1.82) is 0 Å². The number of carbonyl (C=O) groups is 1. The third kappa shape index (κ3) is 5.31. The summed E-state index contributed by atoms with van der Waals surface area (Å²) in [6.45, 7) is 1.53. The summed E-state index contributed by atoms with van der Waals surface area (Å²) in [6.07, 6.45) is 1.12. The fourth-order valence-electron chi connectivity index (χ4n) is 2.62. The quantitative estimate of drug-likeness (QED) is 0.808. The molecule has 2 aromatic carbocycles. The van der Waals surface area contributed by atoms with Crippen LogP contribution in [-0.4, -0.2) is 45.5 Å². The first-order valence-electron chi connectivity index (χ1n) is 8.27. The molecule has 0 saturated carbocycles. The van der Waals surface area contributed by atoms with E-state index in [1.54, 1.807) is 19.1 Å². The number of hydrogen-bond acceptors (Lipinski definition) is 4. The van der Waals surface area contributed by atoms with E-state index in [4.69, 9.17) is 0 Å². The molecule has 1 N–H and O–H groups in total. The van der Waals surface area contributed by atoms with Gasteiger partial charge in [-0.05, 0) is 36.8 Å². The van der Waals surface area contributed by atoms with Crippen molar-refractivity contribution in [3.8, 4) is 0 Å². The molecule has 0 aliphatic rings. The topological polar surface area (TPSA) is 69.7 Å². The van der Waals surface area contributed by atoms with Crippen molar-refractivity contribution in [3.63, 3.8) is 0 Å². The van der Waals surface area contributed by atoms with E-state index in [9.17, 15) is 13.2 Å². The minimum atomic E-state index is -3.55. The van der Waals surface area contributed by atoms with Crippen LogP contribution in [0.4, 0.5) is 11.4 Å². The molecule has 1 amide bonds. The second kappa shape index (κ2) is 8.33. The van der Waals surface area contributed by atoms with Gasteiger partial charge in [-0.3, -0.25) is 4.79 Å². The number of carbonyl (C=O) groups excluding carboxylic acids is 1. The Morgan fingerprint density at radius 1 is 1.04 bits per heavy atom. The number of rotatable bonds is 7. The minimum Gasteiger partial charge on any atom is -0.378 e. The van der Waals surface area contributed by atoms with Crippen LogP contribution in [0.25, 0.3) is 0 Å². The van der Waals surface area contributed by atoms with Crippen LogP contribution in [-0.2, 0) is 14.8 Å². The van der Waals surface area contributed by atoms with E-state index < -0.39 is 16.1 Å². The highest BCUT2D eigenvalue weighted by molar-refractivity contribution is 7.88. The van der Waals surface area contributed by atoms with Crippen molar-refractivity contribution in [2.75, 3.05) is 37.1 Å². The molecule has 2 rings (SSSR count). The number of nitrogens with one attached hydrogen (secondary N) is 1. The fraction of sp³-hybridized carbons (Fsp3) is 0.316. The summed E-state index contributed by atoms with van der Waals surface area (Å²) >= 11 is 0. The highest BCUT2D eigenvalue weighted by atomic mass is 32.2. The zero-order chi connectivity index (χ0) is 19.3. The second-order valence-corrected chi connectivity index (χ2v) is 8.32. The van der Waals surface area contributed by atoms with Gasteiger partial charge in [0, 0.05) is 31.5 Å². The van der Waals surface area contributed by atoms with Gasteiger partial charge in [-0.25, -0.2) is 8.42 Å². The Bertz CT molecular complexity index is 834. The van der Waals surface area contributed by atoms with Gasteiger partial charge in [0.1, 0.15) is 0 Å². The predicted molar refractivity (Wildman–Crippen MR) is 106 cm³/mol. The lowest BCUT2D eigenvalue weighted by Gasteiger charge is -2.26. The maximum absolute atomic E-state index is 12.4. The average molecular weight is 375 g/mol. The molecule has 0 saturated heterocycles. The number of anilines is 2. The summed E-state index contributed by atoms with van der Waals surface area (Å²) < 4.78 is 25.6. The maximum Gasteiger partial charge on any atom is 0.239 e. The molecule has 1 atom stereocenters. The predicted octanol–water partition coefficient (Wildman–Crippen LogP) is 2.71. The van der Waals surface area contributed by atoms with E-state index in [2.05, 4.69) is 5.32 Å². The minimum absolute atomic E-state index is 0.246. The van der Waals surface area contributed by atoms with E-state index >= 15 is 0 Å².